The van der Waals surface area contributed by atoms with Gasteiger partial charge >= 0.3 is 5.97 Å². The molecule has 0 radical (unpaired) electrons. The Labute approximate surface area is 220 Å². The summed E-state index contributed by atoms with van der Waals surface area (Å²) < 4.78 is 0. The van der Waals surface area contributed by atoms with Crippen molar-refractivity contribution in [1.82, 2.24) is 15.0 Å². The highest BCUT2D eigenvalue weighted by Gasteiger charge is 2.49. The number of hydrogen-bond donors (Lipinski definition) is 4. The van der Waals surface area contributed by atoms with Crippen molar-refractivity contribution >= 4 is 28.9 Å². The predicted molar refractivity (Wildman–Crippen MR) is 143 cm³/mol. The molecule has 3 aromatic rings. The first kappa shape index (κ1) is 25.8. The largest absolute Gasteiger partial charge is 0.481 e. The standard InChI is InChI=1S/C28H34N4O4S/c1-16-11-17(13-19(12-16)31-25-29-10-8-22(32-25)27(4,35)18-5-6-18)21-14-30-24(37-21)28(36)9-7-20(23(33)34)26(2,3)15-28/h8,10-14,18,20,35-36H,5-7,9,15H2,1-4H3,(H,33,34)(H,29,31,32)/t20-,27+,28-/m1/s1. The fraction of sp³-hybridized carbons (Fsp3) is 0.500. The molecule has 4 N–H and O–H groups in total. The molecule has 2 aliphatic carbocycles. The zero-order chi connectivity index (χ0) is 26.6. The van der Waals surface area contributed by atoms with E-state index in [1.54, 1.807) is 18.5 Å². The lowest BCUT2D eigenvalue weighted by atomic mass is 9.63. The minimum atomic E-state index is -1.14. The number of carboxylic acid groups (broad SMARTS) is 1. The summed E-state index contributed by atoms with van der Waals surface area (Å²) in [6, 6.07) is 7.82. The average Bonchev–Trinajstić information content (AvgIpc) is 3.55. The molecule has 37 heavy (non-hydrogen) atoms. The van der Waals surface area contributed by atoms with E-state index in [1.807, 2.05) is 39.8 Å². The molecule has 2 aromatic heterocycles. The van der Waals surface area contributed by atoms with Crippen molar-refractivity contribution in [1.29, 1.82) is 0 Å². The quantitative estimate of drug-likeness (QED) is 0.326. The second-order valence-electron chi connectivity index (χ2n) is 11.6. The van der Waals surface area contributed by atoms with Crippen molar-refractivity contribution in [2.24, 2.45) is 17.3 Å². The van der Waals surface area contributed by atoms with Crippen LogP contribution in [-0.2, 0) is 16.0 Å². The number of nitrogens with one attached hydrogen (secondary N) is 1. The minimum Gasteiger partial charge on any atom is -0.481 e. The average molecular weight is 523 g/mol. The van der Waals surface area contributed by atoms with Gasteiger partial charge in [-0.05, 0) is 86.6 Å². The summed E-state index contributed by atoms with van der Waals surface area (Å²) in [5, 5.41) is 35.8. The summed E-state index contributed by atoms with van der Waals surface area (Å²) in [6.07, 6.45) is 6.59. The van der Waals surface area contributed by atoms with Crippen molar-refractivity contribution in [2.45, 2.75) is 71.0 Å². The normalized spacial score (nSPS) is 24.9. The summed E-state index contributed by atoms with van der Waals surface area (Å²) in [5.41, 5.74) is 0.776. The van der Waals surface area contributed by atoms with Crippen LogP contribution in [0.15, 0.2) is 36.7 Å². The molecule has 0 saturated heterocycles. The Bertz CT molecular complexity index is 1330. The van der Waals surface area contributed by atoms with E-state index in [4.69, 9.17) is 0 Å². The van der Waals surface area contributed by atoms with Gasteiger partial charge in [0.15, 0.2) is 0 Å². The zero-order valence-electron chi connectivity index (χ0n) is 21.7. The van der Waals surface area contributed by atoms with E-state index < -0.39 is 28.5 Å². The highest BCUT2D eigenvalue weighted by Crippen LogP contribution is 2.51. The summed E-state index contributed by atoms with van der Waals surface area (Å²) in [7, 11) is 0. The van der Waals surface area contributed by atoms with E-state index in [9.17, 15) is 20.1 Å². The van der Waals surface area contributed by atoms with Crippen LogP contribution in [0, 0.1) is 24.2 Å². The molecule has 0 spiro atoms. The first-order valence-corrected chi connectivity index (χ1v) is 13.6. The fourth-order valence-corrected chi connectivity index (χ4v) is 6.70. The molecule has 2 fully saturated rings. The molecule has 9 heteroatoms. The van der Waals surface area contributed by atoms with E-state index in [0.29, 0.717) is 35.9 Å². The number of aryl methyl sites for hydroxylation is 1. The topological polar surface area (TPSA) is 128 Å². The first-order valence-electron chi connectivity index (χ1n) is 12.7. The molecule has 2 aliphatic rings. The van der Waals surface area contributed by atoms with E-state index in [-0.39, 0.29) is 5.92 Å². The third-order valence-electron chi connectivity index (χ3n) is 7.90. The highest BCUT2D eigenvalue weighted by atomic mass is 32.1. The van der Waals surface area contributed by atoms with Gasteiger partial charge in [0.05, 0.1) is 16.5 Å². The molecule has 196 valence electrons. The van der Waals surface area contributed by atoms with Crippen molar-refractivity contribution < 1.29 is 20.1 Å². The molecular formula is C28H34N4O4S. The summed E-state index contributed by atoms with van der Waals surface area (Å²) in [5.74, 6) is -0.628. The second-order valence-corrected chi connectivity index (χ2v) is 12.6. The Morgan fingerprint density at radius 1 is 1.19 bits per heavy atom. The molecule has 1 aromatic carbocycles. The maximum absolute atomic E-state index is 11.7. The van der Waals surface area contributed by atoms with Gasteiger partial charge in [-0.2, -0.15) is 0 Å². The Hall–Kier alpha value is -2.88. The van der Waals surface area contributed by atoms with Gasteiger partial charge in [-0.25, -0.2) is 15.0 Å². The molecule has 0 bridgehead atoms. The van der Waals surface area contributed by atoms with Crippen LogP contribution in [0.5, 0.6) is 0 Å². The highest BCUT2D eigenvalue weighted by molar-refractivity contribution is 7.15. The third kappa shape index (κ3) is 5.12. The summed E-state index contributed by atoms with van der Waals surface area (Å²) in [4.78, 5) is 26.1. The summed E-state index contributed by atoms with van der Waals surface area (Å²) in [6.45, 7) is 7.63. The van der Waals surface area contributed by atoms with Gasteiger partial charge in [0.25, 0.3) is 0 Å². The van der Waals surface area contributed by atoms with Crippen LogP contribution < -0.4 is 5.32 Å². The third-order valence-corrected chi connectivity index (χ3v) is 9.14. The van der Waals surface area contributed by atoms with E-state index in [0.717, 1.165) is 34.5 Å². The number of carboxylic acids is 1. The number of nitrogens with zero attached hydrogens (tertiary/aromatic N) is 3. The number of aliphatic hydroxyl groups is 2. The molecule has 2 saturated carbocycles. The molecule has 0 aliphatic heterocycles. The van der Waals surface area contributed by atoms with E-state index >= 15 is 0 Å². The molecule has 0 unspecified atom stereocenters. The molecular weight excluding hydrogens is 488 g/mol. The van der Waals surface area contributed by atoms with Crippen LogP contribution in [0.2, 0.25) is 0 Å². The SMILES string of the molecule is Cc1cc(Nc2nccc([C@@](C)(O)C3CC3)n2)cc(-c2cnc([C@@]3(O)CC[C@H](C(=O)O)C(C)(C)C3)s2)c1. The number of rotatable bonds is 7. The number of hydrogen-bond acceptors (Lipinski definition) is 8. The molecule has 0 amide bonds. The van der Waals surface area contributed by atoms with Gasteiger partial charge in [0.1, 0.15) is 16.2 Å². The number of anilines is 2. The second kappa shape index (κ2) is 9.15. The Kier molecular flexibility index (Phi) is 6.37. The van der Waals surface area contributed by atoms with Crippen LogP contribution in [0.3, 0.4) is 0 Å². The Balaban J connectivity index is 1.38. The van der Waals surface area contributed by atoms with Crippen molar-refractivity contribution in [3.63, 3.8) is 0 Å². The van der Waals surface area contributed by atoms with Crippen LogP contribution in [0.25, 0.3) is 10.4 Å². The van der Waals surface area contributed by atoms with Crippen LogP contribution in [0.1, 0.15) is 69.1 Å². The van der Waals surface area contributed by atoms with Crippen molar-refractivity contribution in [2.75, 3.05) is 5.32 Å². The maximum atomic E-state index is 11.7. The lowest BCUT2D eigenvalue weighted by Gasteiger charge is -2.44. The number of benzene rings is 1. The Morgan fingerprint density at radius 2 is 1.95 bits per heavy atom. The van der Waals surface area contributed by atoms with Crippen LogP contribution in [0.4, 0.5) is 11.6 Å². The number of carbonyl (C=O) groups is 1. The van der Waals surface area contributed by atoms with Gasteiger partial charge in [0.2, 0.25) is 5.95 Å². The lowest BCUT2D eigenvalue weighted by molar-refractivity contribution is -0.154. The molecule has 3 atom stereocenters. The molecule has 5 rings (SSSR count). The summed E-state index contributed by atoms with van der Waals surface area (Å²) >= 11 is 1.44. The van der Waals surface area contributed by atoms with Gasteiger partial charge < -0.3 is 20.6 Å². The predicted octanol–water partition coefficient (Wildman–Crippen LogP) is 5.37. The van der Waals surface area contributed by atoms with Gasteiger partial charge in [-0.3, -0.25) is 4.79 Å². The zero-order valence-corrected chi connectivity index (χ0v) is 22.5. The minimum absolute atomic E-state index is 0.237. The first-order chi connectivity index (χ1) is 17.4. The number of aromatic nitrogens is 3. The maximum Gasteiger partial charge on any atom is 0.307 e. The molecule has 2 heterocycles. The van der Waals surface area contributed by atoms with E-state index in [2.05, 4.69) is 26.3 Å². The fourth-order valence-electron chi connectivity index (χ4n) is 5.68. The van der Waals surface area contributed by atoms with Gasteiger partial charge in [-0.1, -0.05) is 19.9 Å². The van der Waals surface area contributed by atoms with E-state index in [1.165, 1.54) is 11.3 Å². The number of thiazole rings is 1. The lowest BCUT2D eigenvalue weighted by Crippen LogP contribution is -2.44. The van der Waals surface area contributed by atoms with Gasteiger partial charge in [0, 0.05) is 18.1 Å². The molecule has 8 nitrogen and oxygen atoms in total. The van der Waals surface area contributed by atoms with Crippen molar-refractivity contribution in [3.8, 4) is 10.4 Å². The monoisotopic (exact) mass is 522 g/mol. The van der Waals surface area contributed by atoms with Crippen LogP contribution in [-0.4, -0.2) is 36.2 Å². The number of aliphatic carboxylic acids is 1. The van der Waals surface area contributed by atoms with Gasteiger partial charge in [-0.15, -0.1) is 11.3 Å². The smallest absolute Gasteiger partial charge is 0.307 e. The Morgan fingerprint density at radius 3 is 2.62 bits per heavy atom. The van der Waals surface area contributed by atoms with Crippen LogP contribution >= 0.6 is 11.3 Å². The van der Waals surface area contributed by atoms with Crippen molar-refractivity contribution in [3.05, 3.63) is 52.9 Å².